The molecule has 3 rings (SSSR count). The summed E-state index contributed by atoms with van der Waals surface area (Å²) in [7, 11) is 1.63. The van der Waals surface area contributed by atoms with Gasteiger partial charge in [-0.2, -0.15) is 0 Å². The lowest BCUT2D eigenvalue weighted by Crippen LogP contribution is -2.45. The number of hydrogen-bond acceptors (Lipinski definition) is 5. The standard InChI is InChI=1S/C21H24N2O4/c1-13(12-14-4-6-15(27-3)7-5-14)23-21(2,26)17-9-10-18(24)20-16(17)8-11-19(25)22-20/h4-11,13,23-24,26H,12H2,1-3H3,(H,22,25). The zero-order valence-electron chi connectivity index (χ0n) is 15.6. The molecule has 0 bridgehead atoms. The van der Waals surface area contributed by atoms with Crippen LogP contribution in [0.1, 0.15) is 25.0 Å². The molecule has 27 heavy (non-hydrogen) atoms. The van der Waals surface area contributed by atoms with E-state index in [1.165, 1.54) is 12.1 Å². The Labute approximate surface area is 157 Å². The van der Waals surface area contributed by atoms with Crippen molar-refractivity contribution in [3.63, 3.8) is 0 Å². The molecule has 0 spiro atoms. The van der Waals surface area contributed by atoms with Gasteiger partial charge in [0.05, 0.1) is 12.6 Å². The number of ether oxygens (including phenoxy) is 1. The number of fused-ring (bicyclic) bond motifs is 1. The van der Waals surface area contributed by atoms with Crippen molar-refractivity contribution in [2.75, 3.05) is 7.11 Å². The molecule has 0 amide bonds. The topological polar surface area (TPSA) is 94.6 Å². The van der Waals surface area contributed by atoms with Crippen molar-refractivity contribution < 1.29 is 14.9 Å². The van der Waals surface area contributed by atoms with Gasteiger partial charge >= 0.3 is 0 Å². The molecule has 0 radical (unpaired) electrons. The molecule has 0 aliphatic carbocycles. The van der Waals surface area contributed by atoms with E-state index >= 15 is 0 Å². The number of methoxy groups -OCH3 is 1. The summed E-state index contributed by atoms with van der Waals surface area (Å²) in [5.74, 6) is 0.768. The average Bonchev–Trinajstić information content (AvgIpc) is 2.62. The molecular formula is C21H24N2O4. The van der Waals surface area contributed by atoms with Crippen LogP contribution in [0.2, 0.25) is 0 Å². The third-order valence-corrected chi connectivity index (χ3v) is 4.63. The molecule has 0 saturated heterocycles. The lowest BCUT2D eigenvalue weighted by molar-refractivity contribution is 0.0111. The van der Waals surface area contributed by atoms with Crippen molar-refractivity contribution in [3.8, 4) is 11.5 Å². The van der Waals surface area contributed by atoms with Gasteiger partial charge in [-0.1, -0.05) is 18.2 Å². The van der Waals surface area contributed by atoms with Gasteiger partial charge in [0.15, 0.2) is 0 Å². The molecule has 4 N–H and O–H groups in total. The SMILES string of the molecule is COc1ccc(CC(C)NC(C)(O)c2ccc(O)c3[nH]c(=O)ccc23)cc1. The summed E-state index contributed by atoms with van der Waals surface area (Å²) < 4.78 is 5.17. The van der Waals surface area contributed by atoms with Crippen LogP contribution in [0.4, 0.5) is 0 Å². The van der Waals surface area contributed by atoms with Gasteiger partial charge in [-0.3, -0.25) is 10.1 Å². The van der Waals surface area contributed by atoms with E-state index in [1.54, 1.807) is 26.2 Å². The minimum Gasteiger partial charge on any atom is -0.506 e. The lowest BCUT2D eigenvalue weighted by Gasteiger charge is -2.30. The van der Waals surface area contributed by atoms with Crippen molar-refractivity contribution in [2.45, 2.75) is 32.0 Å². The first-order valence-electron chi connectivity index (χ1n) is 8.78. The van der Waals surface area contributed by atoms with Crippen molar-refractivity contribution >= 4 is 10.9 Å². The maximum Gasteiger partial charge on any atom is 0.248 e. The van der Waals surface area contributed by atoms with Gasteiger partial charge in [0.1, 0.15) is 17.2 Å². The Morgan fingerprint density at radius 2 is 1.85 bits per heavy atom. The number of nitrogens with one attached hydrogen (secondary N) is 2. The van der Waals surface area contributed by atoms with Gasteiger partial charge in [-0.25, -0.2) is 0 Å². The second-order valence-electron chi connectivity index (χ2n) is 6.91. The van der Waals surface area contributed by atoms with Crippen LogP contribution in [0.3, 0.4) is 0 Å². The van der Waals surface area contributed by atoms with E-state index < -0.39 is 5.72 Å². The minimum atomic E-state index is -1.35. The summed E-state index contributed by atoms with van der Waals surface area (Å²) in [5, 5.41) is 24.9. The first-order valence-corrected chi connectivity index (χ1v) is 8.78. The number of phenols is 1. The van der Waals surface area contributed by atoms with Gasteiger partial charge in [0.25, 0.3) is 0 Å². The Morgan fingerprint density at radius 3 is 2.52 bits per heavy atom. The molecule has 0 aliphatic rings. The fourth-order valence-electron chi connectivity index (χ4n) is 3.38. The summed E-state index contributed by atoms with van der Waals surface area (Å²) in [6.07, 6.45) is 0.715. The van der Waals surface area contributed by atoms with Crippen molar-refractivity contribution in [2.24, 2.45) is 0 Å². The van der Waals surface area contributed by atoms with Gasteiger partial charge in [0, 0.05) is 23.1 Å². The third kappa shape index (κ3) is 4.13. The van der Waals surface area contributed by atoms with Crippen molar-refractivity contribution in [3.05, 3.63) is 70.0 Å². The first kappa shape index (κ1) is 18.9. The fourth-order valence-corrected chi connectivity index (χ4v) is 3.38. The Bertz CT molecular complexity index is 993. The number of rotatable bonds is 6. The summed E-state index contributed by atoms with van der Waals surface area (Å²) in [4.78, 5) is 14.2. The smallest absolute Gasteiger partial charge is 0.248 e. The number of pyridine rings is 1. The van der Waals surface area contributed by atoms with Crippen molar-refractivity contribution in [1.29, 1.82) is 0 Å². The molecule has 0 aliphatic heterocycles. The molecular weight excluding hydrogens is 344 g/mol. The lowest BCUT2D eigenvalue weighted by atomic mass is 9.97. The molecule has 2 atom stereocenters. The van der Waals surface area contributed by atoms with Crippen LogP contribution in [0.5, 0.6) is 11.5 Å². The van der Waals surface area contributed by atoms with Crippen LogP contribution in [-0.4, -0.2) is 28.3 Å². The molecule has 142 valence electrons. The van der Waals surface area contributed by atoms with Crippen LogP contribution >= 0.6 is 0 Å². The molecule has 2 unspecified atom stereocenters. The quantitative estimate of drug-likeness (QED) is 0.502. The summed E-state index contributed by atoms with van der Waals surface area (Å²) in [5.41, 5.74) is 0.343. The highest BCUT2D eigenvalue weighted by molar-refractivity contribution is 5.87. The van der Waals surface area contributed by atoms with Crippen LogP contribution in [0.15, 0.2) is 53.3 Å². The van der Waals surface area contributed by atoms with E-state index in [4.69, 9.17) is 4.74 Å². The zero-order chi connectivity index (χ0) is 19.6. The number of aromatic hydroxyl groups is 1. The van der Waals surface area contributed by atoms with Gasteiger partial charge in [-0.15, -0.1) is 0 Å². The highest BCUT2D eigenvalue weighted by Crippen LogP contribution is 2.31. The predicted molar refractivity (Wildman–Crippen MR) is 105 cm³/mol. The predicted octanol–water partition coefficient (Wildman–Crippen LogP) is 2.63. The van der Waals surface area contributed by atoms with Gasteiger partial charge in [0.2, 0.25) is 5.56 Å². The molecule has 6 nitrogen and oxygen atoms in total. The van der Waals surface area contributed by atoms with Crippen LogP contribution in [0, 0.1) is 0 Å². The second-order valence-corrected chi connectivity index (χ2v) is 6.91. The number of benzene rings is 2. The van der Waals surface area contributed by atoms with E-state index in [0.717, 1.165) is 11.3 Å². The van der Waals surface area contributed by atoms with E-state index in [9.17, 15) is 15.0 Å². The van der Waals surface area contributed by atoms with Crippen molar-refractivity contribution in [1.82, 2.24) is 10.3 Å². The number of aliphatic hydroxyl groups is 1. The van der Waals surface area contributed by atoms with E-state index in [0.29, 0.717) is 22.9 Å². The molecule has 1 aromatic heterocycles. The number of H-pyrrole nitrogens is 1. The van der Waals surface area contributed by atoms with Gasteiger partial charge in [-0.05, 0) is 50.1 Å². The number of aromatic nitrogens is 1. The Balaban J connectivity index is 1.84. The normalized spacial score (nSPS) is 14.7. The molecule has 6 heteroatoms. The van der Waals surface area contributed by atoms with Crippen LogP contribution in [-0.2, 0) is 12.1 Å². The second kappa shape index (κ2) is 7.42. The molecule has 3 aromatic rings. The van der Waals surface area contributed by atoms with Crippen LogP contribution in [0.25, 0.3) is 10.9 Å². The largest absolute Gasteiger partial charge is 0.506 e. The molecule has 2 aromatic carbocycles. The van der Waals surface area contributed by atoms with E-state index in [-0.39, 0.29) is 17.4 Å². The van der Waals surface area contributed by atoms with E-state index in [1.807, 2.05) is 31.2 Å². The molecule has 0 saturated carbocycles. The zero-order valence-corrected chi connectivity index (χ0v) is 15.6. The monoisotopic (exact) mass is 368 g/mol. The summed E-state index contributed by atoms with van der Waals surface area (Å²) >= 11 is 0. The maximum atomic E-state index is 11.6. The summed E-state index contributed by atoms with van der Waals surface area (Å²) in [6, 6.07) is 13.9. The van der Waals surface area contributed by atoms with Crippen LogP contribution < -0.4 is 15.6 Å². The fraction of sp³-hybridized carbons (Fsp3) is 0.286. The average molecular weight is 368 g/mol. The number of aromatic amines is 1. The maximum absolute atomic E-state index is 11.6. The Hall–Kier alpha value is -2.83. The molecule has 0 fully saturated rings. The number of hydrogen-bond donors (Lipinski definition) is 4. The Kier molecular flexibility index (Phi) is 5.21. The minimum absolute atomic E-state index is 0.0278. The van der Waals surface area contributed by atoms with E-state index in [2.05, 4.69) is 10.3 Å². The molecule has 1 heterocycles. The first-order chi connectivity index (χ1) is 12.8. The third-order valence-electron chi connectivity index (χ3n) is 4.63. The van der Waals surface area contributed by atoms with Gasteiger partial charge < -0.3 is 19.9 Å². The highest BCUT2D eigenvalue weighted by atomic mass is 16.5. The Morgan fingerprint density at radius 1 is 1.15 bits per heavy atom. The number of phenolic OH excluding ortho intramolecular Hbond substituents is 1. The highest BCUT2D eigenvalue weighted by Gasteiger charge is 2.27. The summed E-state index contributed by atoms with van der Waals surface area (Å²) in [6.45, 7) is 3.65.